The Kier molecular flexibility index (Phi) is 66.4. The van der Waals surface area contributed by atoms with Crippen LogP contribution in [-0.4, -0.2) is 79.0 Å². The molecule has 0 radical (unpaired) electrons. The van der Waals surface area contributed by atoms with E-state index in [1.807, 2.05) is 396 Å². The fraction of sp³-hybridized carbons (Fsp3) is 0.432. The van der Waals surface area contributed by atoms with Gasteiger partial charge in [0.1, 0.15) is 0 Å². The summed E-state index contributed by atoms with van der Waals surface area (Å²) in [5.74, 6) is 1.24. The van der Waals surface area contributed by atoms with Crippen LogP contribution in [0.1, 0.15) is 200 Å². The molecule has 0 aliphatic rings. The van der Waals surface area contributed by atoms with Crippen LogP contribution in [0.4, 0.5) is 11.4 Å². The normalized spacial score (nSPS) is 9.53. The molecule has 0 heterocycles. The zero-order valence-corrected chi connectivity index (χ0v) is 71.2. The number of hydrogen-bond acceptors (Lipinski definition) is 6. The van der Waals surface area contributed by atoms with Gasteiger partial charge in [0, 0.05) is 93.7 Å². The van der Waals surface area contributed by atoms with E-state index in [1.165, 1.54) is 22.3 Å². The van der Waals surface area contributed by atoms with Crippen LogP contribution in [-0.2, 0) is 67.7 Å². The molecule has 0 aliphatic heterocycles. The molecule has 8 rings (SSSR count). The van der Waals surface area contributed by atoms with Crippen LogP contribution in [0.2, 0.25) is 0 Å². The molecule has 0 aliphatic carbocycles. The number of anilines is 2. The molecule has 0 atom stereocenters. The van der Waals surface area contributed by atoms with Gasteiger partial charge in [-0.15, -0.1) is 0 Å². The molecule has 8 aromatic rings. The Morgan fingerprint density at radius 1 is 0.262 bits per heavy atom. The van der Waals surface area contributed by atoms with E-state index in [1.54, 1.807) is 9.80 Å². The summed E-state index contributed by atoms with van der Waals surface area (Å²) in [6.07, 6.45) is 2.70. The van der Waals surface area contributed by atoms with E-state index >= 15 is 0 Å². The summed E-state index contributed by atoms with van der Waals surface area (Å²) in [6.45, 7) is 51.2. The summed E-state index contributed by atoms with van der Waals surface area (Å²) in [5.41, 5.74) is 9.16. The third-order valence-corrected chi connectivity index (χ3v) is 14.8. The molecule has 107 heavy (non-hydrogen) atoms. The van der Waals surface area contributed by atoms with Gasteiger partial charge in [-0.1, -0.05) is 385 Å². The van der Waals surface area contributed by atoms with Gasteiger partial charge >= 0.3 is 0 Å². The monoisotopic (exact) mass is 1470 g/mol. The first-order chi connectivity index (χ1) is 51.5. The van der Waals surface area contributed by atoms with Crippen LogP contribution in [0.15, 0.2) is 243 Å². The predicted octanol–water partition coefficient (Wildman–Crippen LogP) is 22.6. The van der Waals surface area contributed by atoms with Crippen molar-refractivity contribution in [2.45, 2.75) is 205 Å². The Balaban J connectivity index is -0.000000581. The number of nitrogens with one attached hydrogen (secondary N) is 2. The van der Waals surface area contributed by atoms with Crippen LogP contribution in [0.25, 0.3) is 0 Å². The van der Waals surface area contributed by atoms with Gasteiger partial charge in [0.2, 0.25) is 35.4 Å². The lowest BCUT2D eigenvalue weighted by molar-refractivity contribution is -0.134. The third kappa shape index (κ3) is 49.9. The minimum absolute atomic E-state index is 0.00554. The van der Waals surface area contributed by atoms with E-state index in [2.05, 4.69) is 47.0 Å². The first-order valence-corrected chi connectivity index (χ1v) is 39.5. The van der Waals surface area contributed by atoms with E-state index in [-0.39, 0.29) is 71.0 Å². The number of nitrogens with zero attached hydrogens (tertiary/aromatic N) is 4. The summed E-state index contributed by atoms with van der Waals surface area (Å²) >= 11 is 0. The lowest BCUT2D eigenvalue weighted by Gasteiger charge is -2.25. The number of hydrogen-bond donors (Lipinski definition) is 2. The number of likely N-dealkylation sites (N-methyl/N-ethyl adjacent to an activating group) is 1. The molecular formula is C95H144N6O6. The number of carbonyl (C=O) groups excluding carboxylic acids is 6. The molecule has 12 heteroatoms. The topological polar surface area (TPSA) is 139 Å². The zero-order chi connectivity index (χ0) is 81.9. The second kappa shape index (κ2) is 68.4. The lowest BCUT2D eigenvalue weighted by atomic mass is 10.1. The highest BCUT2D eigenvalue weighted by Crippen LogP contribution is 2.21. The molecule has 2 N–H and O–H groups in total. The van der Waals surface area contributed by atoms with Gasteiger partial charge in [-0.2, -0.15) is 0 Å². The van der Waals surface area contributed by atoms with Crippen LogP contribution < -0.4 is 20.4 Å². The number of para-hydroxylation sites is 2. The Morgan fingerprint density at radius 2 is 0.514 bits per heavy atom. The van der Waals surface area contributed by atoms with Crippen LogP contribution in [0.3, 0.4) is 0 Å². The molecule has 590 valence electrons. The summed E-state index contributed by atoms with van der Waals surface area (Å²) in [5, 5.41) is 5.75. The van der Waals surface area contributed by atoms with E-state index in [9.17, 15) is 28.8 Å². The van der Waals surface area contributed by atoms with Crippen LogP contribution in [0.5, 0.6) is 0 Å². The number of amides is 6. The highest BCUT2D eigenvalue weighted by atomic mass is 16.2. The number of benzene rings is 8. The minimum Gasteiger partial charge on any atom is -0.356 e. The van der Waals surface area contributed by atoms with E-state index in [0.717, 1.165) is 54.9 Å². The Hall–Kier alpha value is -9.42. The molecule has 0 aromatic heterocycles. The van der Waals surface area contributed by atoms with Crippen molar-refractivity contribution in [3.63, 3.8) is 0 Å². The fourth-order valence-corrected chi connectivity index (χ4v) is 9.19. The first kappa shape index (κ1) is 104. The molecule has 0 fully saturated rings. The van der Waals surface area contributed by atoms with Gasteiger partial charge in [-0.05, 0) is 76.9 Å². The average Bonchev–Trinajstić information content (AvgIpc) is 0.854. The molecule has 12 nitrogen and oxygen atoms in total. The van der Waals surface area contributed by atoms with Crippen molar-refractivity contribution in [2.75, 3.05) is 43.5 Å². The smallest absolute Gasteiger partial charge is 0.229 e. The van der Waals surface area contributed by atoms with Crippen molar-refractivity contribution >= 4 is 46.8 Å². The zero-order valence-electron chi connectivity index (χ0n) is 71.2. The molecule has 0 unspecified atom stereocenters. The predicted molar refractivity (Wildman–Crippen MR) is 462 cm³/mol. The molecule has 6 amide bonds. The summed E-state index contributed by atoms with van der Waals surface area (Å²) in [7, 11) is 3.71. The largest absolute Gasteiger partial charge is 0.356 e. The Morgan fingerprint density at radius 3 is 0.841 bits per heavy atom. The quantitative estimate of drug-likeness (QED) is 0.0654. The van der Waals surface area contributed by atoms with Crippen LogP contribution in [0, 0.1) is 35.5 Å². The first-order valence-electron chi connectivity index (χ1n) is 39.5. The SMILES string of the molecule is CC.CC.CC.CC.CC.CC.CC(C)C(=O)N(C)CCc1ccccc1.CC(C)C(=O)N(C)Cc1ccccc1.CC(C)C(=O)N(CCc1ccccc1)c1ccccc1.CC(C)C(=O)N(Cc1ccccc1)c1ccccc1.CC(C)C(=O)NCCc1ccccc1.CC(C)C(=O)NCc1ccccc1. The highest BCUT2D eigenvalue weighted by molar-refractivity contribution is 5.95. The summed E-state index contributed by atoms with van der Waals surface area (Å²) < 4.78 is 0. The molecule has 0 saturated carbocycles. The van der Waals surface area contributed by atoms with Crippen molar-refractivity contribution < 1.29 is 28.8 Å². The van der Waals surface area contributed by atoms with Gasteiger partial charge in [0.05, 0.1) is 6.54 Å². The van der Waals surface area contributed by atoms with Crippen molar-refractivity contribution in [3.8, 4) is 0 Å². The number of carbonyl (C=O) groups is 6. The molecule has 0 saturated heterocycles. The maximum Gasteiger partial charge on any atom is 0.229 e. The van der Waals surface area contributed by atoms with Crippen LogP contribution >= 0.6 is 0 Å². The summed E-state index contributed by atoms with van der Waals surface area (Å²) in [6, 6.07) is 80.4. The van der Waals surface area contributed by atoms with Crippen molar-refractivity contribution in [1.29, 1.82) is 0 Å². The van der Waals surface area contributed by atoms with Gasteiger partial charge in [-0.3, -0.25) is 28.8 Å². The molecule has 0 bridgehead atoms. The second-order valence-corrected chi connectivity index (χ2v) is 25.1. The maximum absolute atomic E-state index is 12.4. The minimum atomic E-state index is -0.0103. The lowest BCUT2D eigenvalue weighted by Crippen LogP contribution is -2.35. The van der Waals surface area contributed by atoms with Gasteiger partial charge < -0.3 is 30.2 Å². The van der Waals surface area contributed by atoms with Gasteiger partial charge in [-0.25, -0.2) is 0 Å². The number of rotatable bonds is 23. The maximum atomic E-state index is 12.4. The second-order valence-electron chi connectivity index (χ2n) is 25.1. The Labute approximate surface area is 652 Å². The molecule has 0 spiro atoms. The third-order valence-electron chi connectivity index (χ3n) is 14.8. The molecular weight excluding hydrogens is 1320 g/mol. The molecule has 8 aromatic carbocycles. The van der Waals surface area contributed by atoms with Crippen molar-refractivity contribution in [2.24, 2.45) is 35.5 Å². The van der Waals surface area contributed by atoms with E-state index < -0.39 is 0 Å². The average molecular weight is 1470 g/mol. The van der Waals surface area contributed by atoms with Gasteiger partial charge in [0.15, 0.2) is 0 Å². The standard InChI is InChI=1S/C18H21NO.C17H19NO.C13H19NO.2C12H17NO.C11H15NO.6C2H6/c1-15(2)18(20)19(17-11-7-4-8-12-17)14-13-16-9-5-3-6-10-16;1-14(2)17(19)18(16-11-7-4-8-12-16)13-15-9-5-3-6-10-15;1-11(2)13(15)14(3)10-9-12-7-5-4-6-8-12;1-10(2)12(14)13(3)9-11-7-5-4-6-8-11;1-10(2)12(14)13-9-8-11-6-4-3-5-7-11;1-9(2)11(13)12-8-10-6-4-3-5-7-10;6*1-2/h3-12,15H,13-14H2,1-2H3;3-12,14H,13H2,1-2H3;4-8,11H,9-10H2,1-3H3;4-8,10H,9H2,1-3H3;3-7,10H,8-9H2,1-2H3,(H,13,14);3-7,9H,8H2,1-2H3,(H,12,13);6*1-2H3. The fourth-order valence-electron chi connectivity index (χ4n) is 9.19. The van der Waals surface area contributed by atoms with Gasteiger partial charge in [0.25, 0.3) is 0 Å². The van der Waals surface area contributed by atoms with Crippen molar-refractivity contribution in [3.05, 3.63) is 276 Å². The van der Waals surface area contributed by atoms with E-state index in [4.69, 9.17) is 0 Å². The van der Waals surface area contributed by atoms with E-state index in [0.29, 0.717) is 26.2 Å². The summed E-state index contributed by atoms with van der Waals surface area (Å²) in [4.78, 5) is 77.7. The Bertz CT molecular complexity index is 3350. The van der Waals surface area contributed by atoms with Crippen molar-refractivity contribution in [1.82, 2.24) is 20.4 Å². The highest BCUT2D eigenvalue weighted by Gasteiger charge is 2.21.